The van der Waals surface area contributed by atoms with Crippen molar-refractivity contribution in [1.29, 1.82) is 0 Å². The average Bonchev–Trinajstić information content (AvgIpc) is 3.06. The lowest BCUT2D eigenvalue weighted by Crippen LogP contribution is -2.48. The van der Waals surface area contributed by atoms with Crippen molar-refractivity contribution in [2.24, 2.45) is 0 Å². The molecule has 1 fully saturated rings. The third-order valence-electron chi connectivity index (χ3n) is 6.94. The van der Waals surface area contributed by atoms with Crippen LogP contribution in [0.25, 0.3) is 11.0 Å². The van der Waals surface area contributed by atoms with Gasteiger partial charge in [0.15, 0.2) is 8.32 Å². The molecule has 1 aliphatic heterocycles. The number of carbonyl (C=O) groups is 1. The Kier molecular flexibility index (Phi) is 8.07. The van der Waals surface area contributed by atoms with E-state index >= 15 is 0 Å². The van der Waals surface area contributed by atoms with E-state index < -0.39 is 8.32 Å². The number of aryl methyl sites for hydroxylation is 1. The maximum absolute atomic E-state index is 12.4. The van der Waals surface area contributed by atoms with E-state index in [1.807, 2.05) is 16.7 Å². The van der Waals surface area contributed by atoms with E-state index in [0.717, 1.165) is 17.5 Å². The fraction of sp³-hybridized carbons (Fsp3) is 0.667. The van der Waals surface area contributed by atoms with Gasteiger partial charge in [-0.1, -0.05) is 41.5 Å². The summed E-state index contributed by atoms with van der Waals surface area (Å²) < 4.78 is 19.6. The number of methoxy groups -OCH3 is 1. The lowest BCUT2D eigenvalue weighted by Gasteiger charge is -2.42. The molecule has 184 valence electrons. The van der Waals surface area contributed by atoms with Gasteiger partial charge in [-0.05, 0) is 29.1 Å². The highest BCUT2D eigenvalue weighted by Crippen LogP contribution is 2.42. The highest BCUT2D eigenvalue weighted by Gasteiger charge is 2.44. The Morgan fingerprint density at radius 1 is 1.15 bits per heavy atom. The van der Waals surface area contributed by atoms with E-state index in [1.165, 1.54) is 0 Å². The van der Waals surface area contributed by atoms with Gasteiger partial charge >= 0.3 is 0 Å². The van der Waals surface area contributed by atoms with Crippen molar-refractivity contribution >= 4 is 36.9 Å². The zero-order chi connectivity index (χ0) is 24.3. The largest absolute Gasteiger partial charge is 0.494 e. The number of nitrogen functional groups attached to an aromatic ring is 1. The molecule has 1 amide bonds. The summed E-state index contributed by atoms with van der Waals surface area (Å²) in [5.41, 5.74) is 10.3. The Balaban J connectivity index is 1.80. The molecule has 3 rings (SSSR count). The summed E-state index contributed by atoms with van der Waals surface area (Å²) in [5.74, 6) is 0.996. The molecule has 0 atom stereocenters. The van der Waals surface area contributed by atoms with Crippen molar-refractivity contribution in [2.45, 2.75) is 71.1 Å². The molecule has 0 unspecified atom stereocenters. The number of aromatic nitrogens is 2. The molecule has 0 radical (unpaired) electrons. The van der Waals surface area contributed by atoms with Crippen LogP contribution in [0.5, 0.6) is 5.75 Å². The molecule has 2 aromatic rings. The van der Waals surface area contributed by atoms with Crippen LogP contribution in [0.1, 0.15) is 48.0 Å². The molecule has 9 heteroatoms. The predicted molar refractivity (Wildman–Crippen MR) is 135 cm³/mol. The van der Waals surface area contributed by atoms with Gasteiger partial charge in [-0.15, -0.1) is 0 Å². The monoisotopic (exact) mass is 476 g/mol. The van der Waals surface area contributed by atoms with Crippen molar-refractivity contribution in [3.05, 3.63) is 12.1 Å². The van der Waals surface area contributed by atoms with E-state index in [0.29, 0.717) is 60.3 Å². The van der Waals surface area contributed by atoms with Crippen molar-refractivity contribution < 1.29 is 18.7 Å². The molecule has 33 heavy (non-hydrogen) atoms. The van der Waals surface area contributed by atoms with E-state index in [1.54, 1.807) is 12.0 Å². The molecule has 8 nitrogen and oxygen atoms in total. The number of hydrogen-bond acceptors (Lipinski definition) is 6. The standard InChI is InChI=1S/C24H40N4O4Si/c1-16(2)33(17(3)4,18(5)6)32-11-8-9-28-20-14-22(30-7)21(13-19(20)26-24(28)25)27-10-12-31-15-23(27)29/h13-14,16-18H,8-12,15H2,1-7H3,(H2,25,26). The Morgan fingerprint density at radius 3 is 2.39 bits per heavy atom. The molecule has 1 aromatic heterocycles. The summed E-state index contributed by atoms with van der Waals surface area (Å²) in [4.78, 5) is 18.6. The lowest BCUT2D eigenvalue weighted by molar-refractivity contribution is -0.125. The summed E-state index contributed by atoms with van der Waals surface area (Å²) in [6.07, 6.45) is 0.850. The highest BCUT2D eigenvalue weighted by atomic mass is 28.4. The van der Waals surface area contributed by atoms with Crippen LogP contribution in [0.15, 0.2) is 12.1 Å². The Bertz CT molecular complexity index is 951. The van der Waals surface area contributed by atoms with Gasteiger partial charge in [-0.3, -0.25) is 4.79 Å². The summed E-state index contributed by atoms with van der Waals surface area (Å²) in [5, 5.41) is 0. The molecule has 0 spiro atoms. The van der Waals surface area contributed by atoms with E-state index in [-0.39, 0.29) is 12.5 Å². The zero-order valence-corrected chi connectivity index (χ0v) is 22.2. The smallest absolute Gasteiger partial charge is 0.253 e. The van der Waals surface area contributed by atoms with Crippen LogP contribution in [0.2, 0.25) is 16.6 Å². The maximum Gasteiger partial charge on any atom is 0.253 e. The molecule has 0 saturated carbocycles. The van der Waals surface area contributed by atoms with Crippen molar-refractivity contribution in [3.63, 3.8) is 0 Å². The Morgan fingerprint density at radius 2 is 1.82 bits per heavy atom. The van der Waals surface area contributed by atoms with Crippen LogP contribution in [-0.2, 0) is 20.5 Å². The number of hydrogen-bond donors (Lipinski definition) is 1. The normalized spacial score (nSPS) is 15.5. The molecule has 0 bridgehead atoms. The van der Waals surface area contributed by atoms with Gasteiger partial charge in [-0.25, -0.2) is 4.98 Å². The average molecular weight is 477 g/mol. The van der Waals surface area contributed by atoms with Crippen LogP contribution in [-0.4, -0.2) is 57.3 Å². The van der Waals surface area contributed by atoms with Crippen molar-refractivity contribution in [2.75, 3.05) is 44.1 Å². The summed E-state index contributed by atoms with van der Waals surface area (Å²) in [6, 6.07) is 3.81. The molecular formula is C24H40N4O4Si. The fourth-order valence-corrected chi connectivity index (χ4v) is 11.0. The molecule has 1 aromatic carbocycles. The molecule has 1 aliphatic rings. The van der Waals surface area contributed by atoms with Crippen LogP contribution in [0, 0.1) is 0 Å². The maximum atomic E-state index is 12.4. The minimum absolute atomic E-state index is 0.0751. The van der Waals surface area contributed by atoms with Gasteiger partial charge in [0.05, 0.1) is 30.4 Å². The second kappa shape index (κ2) is 10.4. The number of rotatable bonds is 10. The van der Waals surface area contributed by atoms with Crippen LogP contribution < -0.4 is 15.4 Å². The van der Waals surface area contributed by atoms with Gasteiger partial charge in [0.2, 0.25) is 5.95 Å². The van der Waals surface area contributed by atoms with E-state index in [9.17, 15) is 4.79 Å². The summed E-state index contributed by atoms with van der Waals surface area (Å²) in [6.45, 7) is 16.3. The van der Waals surface area contributed by atoms with E-state index in [2.05, 4.69) is 46.5 Å². The van der Waals surface area contributed by atoms with Gasteiger partial charge in [0.25, 0.3) is 5.91 Å². The number of ether oxygens (including phenoxy) is 2. The first kappa shape index (κ1) is 25.5. The van der Waals surface area contributed by atoms with E-state index in [4.69, 9.17) is 19.6 Å². The first-order valence-electron chi connectivity index (χ1n) is 12.0. The number of amides is 1. The van der Waals surface area contributed by atoms with Crippen LogP contribution >= 0.6 is 0 Å². The molecule has 0 aliphatic carbocycles. The fourth-order valence-electron chi connectivity index (χ4n) is 5.51. The van der Waals surface area contributed by atoms with Crippen LogP contribution in [0.4, 0.5) is 11.6 Å². The van der Waals surface area contributed by atoms with Gasteiger partial charge in [0, 0.05) is 25.8 Å². The third-order valence-corrected chi connectivity index (χ3v) is 13.1. The van der Waals surface area contributed by atoms with Gasteiger partial charge < -0.3 is 29.1 Å². The van der Waals surface area contributed by atoms with Crippen molar-refractivity contribution in [1.82, 2.24) is 9.55 Å². The molecular weight excluding hydrogens is 436 g/mol. The SMILES string of the molecule is COc1cc2c(cc1N1CCOCC1=O)nc(N)n2CCCO[Si](C(C)C)(C(C)C)C(C)C. The second-order valence-corrected chi connectivity index (χ2v) is 15.2. The third kappa shape index (κ3) is 4.90. The Hall–Kier alpha value is -2.10. The number of anilines is 2. The number of morpholine rings is 1. The van der Waals surface area contributed by atoms with Gasteiger partial charge in [-0.2, -0.15) is 0 Å². The molecule has 2 N–H and O–H groups in total. The first-order valence-corrected chi connectivity index (χ1v) is 14.1. The minimum atomic E-state index is -1.89. The molecule has 1 saturated heterocycles. The first-order chi connectivity index (χ1) is 15.6. The Labute approximate surface area is 198 Å². The number of carbonyl (C=O) groups excluding carboxylic acids is 1. The van der Waals surface area contributed by atoms with Crippen LogP contribution in [0.3, 0.4) is 0 Å². The number of fused-ring (bicyclic) bond motifs is 1. The lowest BCUT2D eigenvalue weighted by atomic mass is 10.2. The second-order valence-electron chi connectivity index (χ2n) is 9.75. The quantitative estimate of drug-likeness (QED) is 0.399. The number of nitrogens with zero attached hydrogens (tertiary/aromatic N) is 3. The molecule has 2 heterocycles. The van der Waals surface area contributed by atoms with Crippen molar-refractivity contribution in [3.8, 4) is 5.75 Å². The summed E-state index contributed by atoms with van der Waals surface area (Å²) >= 11 is 0. The van der Waals surface area contributed by atoms with Gasteiger partial charge in [0.1, 0.15) is 12.4 Å². The highest BCUT2D eigenvalue weighted by molar-refractivity contribution is 6.77. The zero-order valence-electron chi connectivity index (χ0n) is 21.2. The number of benzene rings is 1. The predicted octanol–water partition coefficient (Wildman–Crippen LogP) is 4.57. The topological polar surface area (TPSA) is 91.8 Å². The minimum Gasteiger partial charge on any atom is -0.494 e. The number of nitrogens with two attached hydrogens (primary N) is 1. The number of imidazole rings is 1. The summed E-state index contributed by atoms with van der Waals surface area (Å²) in [7, 11) is -0.276.